The number of aryl methyl sites for hydroxylation is 1. The number of aromatic nitrogens is 3. The zero-order valence-electron chi connectivity index (χ0n) is 14.1. The molecule has 4 rings (SSSR count). The lowest BCUT2D eigenvalue weighted by Gasteiger charge is -2.04. The van der Waals surface area contributed by atoms with Gasteiger partial charge in [0, 0.05) is 41.2 Å². The first-order valence-electron chi connectivity index (χ1n) is 8.18. The van der Waals surface area contributed by atoms with Crippen LogP contribution in [0.2, 0.25) is 0 Å². The van der Waals surface area contributed by atoms with Gasteiger partial charge in [-0.1, -0.05) is 17.3 Å². The summed E-state index contributed by atoms with van der Waals surface area (Å²) in [5.41, 5.74) is 2.74. The molecule has 0 bridgehead atoms. The Bertz CT molecular complexity index is 1160. The monoisotopic (exact) mass is 368 g/mol. The van der Waals surface area contributed by atoms with Crippen LogP contribution >= 0.6 is 11.3 Å². The minimum absolute atomic E-state index is 0.0934. The van der Waals surface area contributed by atoms with E-state index in [9.17, 15) is 9.59 Å². The molecule has 1 amide bonds. The van der Waals surface area contributed by atoms with Crippen LogP contribution in [0.1, 0.15) is 17.1 Å². The van der Waals surface area contributed by atoms with Crippen LogP contribution < -0.4 is 10.9 Å². The average molecular weight is 368 g/mol. The van der Waals surface area contributed by atoms with E-state index in [0.29, 0.717) is 34.9 Å². The molecular formula is C18H16N4O3S. The van der Waals surface area contributed by atoms with Gasteiger partial charge >= 0.3 is 0 Å². The molecule has 0 radical (unpaired) electrons. The van der Waals surface area contributed by atoms with Crippen molar-refractivity contribution in [3.05, 3.63) is 63.1 Å². The fourth-order valence-electron chi connectivity index (χ4n) is 2.87. The first kappa shape index (κ1) is 16.5. The van der Waals surface area contributed by atoms with Crippen LogP contribution in [0.4, 0.5) is 0 Å². The number of hydrogen-bond acceptors (Lipinski definition) is 6. The van der Waals surface area contributed by atoms with Crippen LogP contribution in [0.15, 0.2) is 45.0 Å². The summed E-state index contributed by atoms with van der Waals surface area (Å²) in [5, 5.41) is 9.58. The third-order valence-electron chi connectivity index (χ3n) is 4.09. The van der Waals surface area contributed by atoms with Crippen molar-refractivity contribution >= 4 is 33.2 Å². The first-order chi connectivity index (χ1) is 12.6. The molecule has 4 aromatic rings. The van der Waals surface area contributed by atoms with Crippen molar-refractivity contribution in [2.24, 2.45) is 0 Å². The van der Waals surface area contributed by atoms with E-state index in [1.807, 2.05) is 29.6 Å². The Morgan fingerprint density at radius 1 is 1.35 bits per heavy atom. The summed E-state index contributed by atoms with van der Waals surface area (Å²) in [4.78, 5) is 29.4. The second-order valence-electron chi connectivity index (χ2n) is 5.98. The molecule has 3 aromatic heterocycles. The van der Waals surface area contributed by atoms with Crippen molar-refractivity contribution < 1.29 is 9.32 Å². The molecule has 0 atom stereocenters. The maximum atomic E-state index is 12.2. The molecule has 0 saturated carbocycles. The normalized spacial score (nSPS) is 11.3. The number of fused-ring (bicyclic) bond motifs is 2. The molecule has 0 fully saturated rings. The Morgan fingerprint density at radius 3 is 3.08 bits per heavy atom. The zero-order chi connectivity index (χ0) is 18.1. The summed E-state index contributed by atoms with van der Waals surface area (Å²) in [5.74, 6) is -0.134. The van der Waals surface area contributed by atoms with Gasteiger partial charge in [0.05, 0.1) is 6.42 Å². The van der Waals surface area contributed by atoms with Gasteiger partial charge in [0.15, 0.2) is 10.5 Å². The molecule has 0 aliphatic heterocycles. The summed E-state index contributed by atoms with van der Waals surface area (Å²) in [7, 11) is 0. The van der Waals surface area contributed by atoms with Gasteiger partial charge in [0.2, 0.25) is 5.91 Å². The molecule has 3 heterocycles. The van der Waals surface area contributed by atoms with Gasteiger partial charge in [0.25, 0.3) is 5.56 Å². The maximum absolute atomic E-state index is 12.2. The molecule has 0 spiro atoms. The highest BCUT2D eigenvalue weighted by Gasteiger charge is 2.12. The van der Waals surface area contributed by atoms with E-state index in [1.165, 1.54) is 17.4 Å². The van der Waals surface area contributed by atoms with Gasteiger partial charge < -0.3 is 9.84 Å². The molecule has 0 aliphatic carbocycles. The lowest BCUT2D eigenvalue weighted by atomic mass is 10.1. The number of para-hydroxylation sites is 1. The molecule has 7 nitrogen and oxygen atoms in total. The fraction of sp³-hybridized carbons (Fsp3) is 0.222. The number of thiazole rings is 1. The number of rotatable bonds is 5. The molecular weight excluding hydrogens is 352 g/mol. The molecule has 8 heteroatoms. The van der Waals surface area contributed by atoms with Crippen LogP contribution in [0.25, 0.3) is 15.9 Å². The van der Waals surface area contributed by atoms with E-state index >= 15 is 0 Å². The molecule has 0 aliphatic rings. The lowest BCUT2D eigenvalue weighted by molar-refractivity contribution is -0.120. The number of benzene rings is 1. The summed E-state index contributed by atoms with van der Waals surface area (Å²) < 4.78 is 6.80. The maximum Gasteiger partial charge on any atom is 0.258 e. The van der Waals surface area contributed by atoms with E-state index in [0.717, 1.165) is 11.1 Å². The number of hydrogen-bond donors (Lipinski definition) is 1. The topological polar surface area (TPSA) is 89.5 Å². The Balaban J connectivity index is 1.40. The van der Waals surface area contributed by atoms with Gasteiger partial charge in [-0.3, -0.25) is 14.0 Å². The predicted molar refractivity (Wildman–Crippen MR) is 98.5 cm³/mol. The van der Waals surface area contributed by atoms with E-state index < -0.39 is 0 Å². The SMILES string of the molecule is Cc1cc(=O)n2c(CCNC(=O)Cc3noc4ccccc34)csc2n1. The fourth-order valence-corrected chi connectivity index (χ4v) is 3.84. The Labute approximate surface area is 152 Å². The molecule has 0 unspecified atom stereocenters. The minimum atomic E-state index is -0.134. The molecule has 26 heavy (non-hydrogen) atoms. The summed E-state index contributed by atoms with van der Waals surface area (Å²) in [6.07, 6.45) is 0.706. The van der Waals surface area contributed by atoms with Crippen molar-refractivity contribution in [1.82, 2.24) is 19.9 Å². The number of carbonyl (C=O) groups is 1. The zero-order valence-corrected chi connectivity index (χ0v) is 14.9. The second-order valence-corrected chi connectivity index (χ2v) is 6.82. The van der Waals surface area contributed by atoms with Crippen molar-refractivity contribution in [1.29, 1.82) is 0 Å². The quantitative estimate of drug-likeness (QED) is 0.583. The van der Waals surface area contributed by atoms with Gasteiger partial charge in [-0.25, -0.2) is 4.98 Å². The highest BCUT2D eigenvalue weighted by molar-refractivity contribution is 7.15. The summed E-state index contributed by atoms with van der Waals surface area (Å²) in [6.45, 7) is 2.23. The second kappa shape index (κ2) is 6.72. The van der Waals surface area contributed by atoms with Gasteiger partial charge in [-0.2, -0.15) is 0 Å². The highest BCUT2D eigenvalue weighted by atomic mass is 32.1. The molecule has 1 aromatic carbocycles. The smallest absolute Gasteiger partial charge is 0.258 e. The van der Waals surface area contributed by atoms with Gasteiger partial charge in [0.1, 0.15) is 5.69 Å². The number of carbonyl (C=O) groups excluding carboxylic acids is 1. The van der Waals surface area contributed by atoms with Crippen LogP contribution in [0, 0.1) is 6.92 Å². The van der Waals surface area contributed by atoms with E-state index in [4.69, 9.17) is 4.52 Å². The number of nitrogens with one attached hydrogen (secondary N) is 1. The van der Waals surface area contributed by atoms with Crippen LogP contribution in [0.5, 0.6) is 0 Å². The Morgan fingerprint density at radius 2 is 2.19 bits per heavy atom. The van der Waals surface area contributed by atoms with E-state index in [2.05, 4.69) is 15.5 Å². The van der Waals surface area contributed by atoms with Crippen molar-refractivity contribution in [2.45, 2.75) is 19.8 Å². The lowest BCUT2D eigenvalue weighted by Crippen LogP contribution is -2.28. The van der Waals surface area contributed by atoms with E-state index in [-0.39, 0.29) is 17.9 Å². The summed E-state index contributed by atoms with van der Waals surface area (Å²) >= 11 is 1.42. The van der Waals surface area contributed by atoms with Gasteiger partial charge in [-0.15, -0.1) is 11.3 Å². The van der Waals surface area contributed by atoms with Crippen LogP contribution in [-0.2, 0) is 17.6 Å². The van der Waals surface area contributed by atoms with Crippen molar-refractivity contribution in [3.8, 4) is 0 Å². The van der Waals surface area contributed by atoms with Crippen LogP contribution in [0.3, 0.4) is 0 Å². The molecule has 1 N–H and O–H groups in total. The third kappa shape index (κ3) is 3.11. The molecule has 132 valence electrons. The largest absolute Gasteiger partial charge is 0.356 e. The average Bonchev–Trinajstić information content (AvgIpc) is 3.20. The van der Waals surface area contributed by atoms with E-state index in [1.54, 1.807) is 11.3 Å². The van der Waals surface area contributed by atoms with Crippen molar-refractivity contribution in [2.75, 3.05) is 6.54 Å². The Kier molecular flexibility index (Phi) is 4.26. The minimum Gasteiger partial charge on any atom is -0.356 e. The summed E-state index contributed by atoms with van der Waals surface area (Å²) in [6, 6.07) is 8.96. The first-order valence-corrected chi connectivity index (χ1v) is 9.06. The van der Waals surface area contributed by atoms with Gasteiger partial charge in [-0.05, 0) is 19.1 Å². The number of amides is 1. The number of nitrogens with zero attached hydrogens (tertiary/aromatic N) is 3. The third-order valence-corrected chi connectivity index (χ3v) is 4.96. The predicted octanol–water partition coefficient (Wildman–Crippen LogP) is 2.11. The van der Waals surface area contributed by atoms with Crippen molar-refractivity contribution in [3.63, 3.8) is 0 Å². The van der Waals surface area contributed by atoms with Crippen LogP contribution in [-0.4, -0.2) is 27.0 Å². The highest BCUT2D eigenvalue weighted by Crippen LogP contribution is 2.18. The molecule has 0 saturated heterocycles. The Hall–Kier alpha value is -3.00. The standard InChI is InChI=1S/C18H16N4O3S/c1-11-8-17(24)22-12(10-26-18(22)20-11)6-7-19-16(23)9-14-13-4-2-3-5-15(13)25-21-14/h2-5,8,10H,6-7,9H2,1H3,(H,19,23).